The largest absolute Gasteiger partial charge is 0.508 e. The summed E-state index contributed by atoms with van der Waals surface area (Å²) in [4.78, 5) is 12.1. The third kappa shape index (κ3) is 3.41. The van der Waals surface area contributed by atoms with Crippen LogP contribution in [0.3, 0.4) is 0 Å². The molecule has 4 nitrogen and oxygen atoms in total. The summed E-state index contributed by atoms with van der Waals surface area (Å²) in [5.41, 5.74) is 0.124. The normalized spacial score (nSPS) is 23.0. The van der Waals surface area contributed by atoms with Crippen LogP contribution in [0, 0.1) is 5.92 Å². The second-order valence-corrected chi connectivity index (χ2v) is 5.63. The molecule has 2 rings (SSSR count). The summed E-state index contributed by atoms with van der Waals surface area (Å²) >= 11 is 3.48. The second-order valence-electron chi connectivity index (χ2n) is 4.98. The Morgan fingerprint density at radius 2 is 2.05 bits per heavy atom. The Morgan fingerprint density at radius 1 is 1.32 bits per heavy atom. The van der Waals surface area contributed by atoms with Crippen LogP contribution < -0.4 is 5.32 Å². The summed E-state index contributed by atoms with van der Waals surface area (Å²) in [7, 11) is 0. The van der Waals surface area contributed by atoms with E-state index in [0.29, 0.717) is 5.92 Å². The van der Waals surface area contributed by atoms with Crippen molar-refractivity contribution in [2.75, 3.05) is 5.33 Å². The summed E-state index contributed by atoms with van der Waals surface area (Å²) in [6.07, 6.45) is 4.37. The minimum atomic E-state index is -0.328. The Balaban J connectivity index is 2.09. The maximum absolute atomic E-state index is 12.1. The first-order valence-corrected chi connectivity index (χ1v) is 7.62. The van der Waals surface area contributed by atoms with Crippen molar-refractivity contribution in [3.8, 4) is 11.5 Å². The van der Waals surface area contributed by atoms with Gasteiger partial charge in [0.15, 0.2) is 0 Å². The SMILES string of the molecule is O=C(NC1CCCCC1CBr)c1cc(O)ccc1O. The molecule has 1 aromatic rings. The van der Waals surface area contributed by atoms with Crippen LogP contribution in [0.5, 0.6) is 11.5 Å². The molecule has 1 aliphatic carbocycles. The summed E-state index contributed by atoms with van der Waals surface area (Å²) < 4.78 is 0. The molecule has 1 fully saturated rings. The van der Waals surface area contributed by atoms with Crippen molar-refractivity contribution in [3.63, 3.8) is 0 Å². The number of carbonyl (C=O) groups is 1. The van der Waals surface area contributed by atoms with Gasteiger partial charge in [-0.1, -0.05) is 28.8 Å². The number of alkyl halides is 1. The Hall–Kier alpha value is -1.23. The molecule has 1 aliphatic rings. The minimum Gasteiger partial charge on any atom is -0.508 e. The maximum atomic E-state index is 12.1. The average Bonchev–Trinajstić information content (AvgIpc) is 2.42. The minimum absolute atomic E-state index is 0.0244. The van der Waals surface area contributed by atoms with Crippen molar-refractivity contribution in [2.24, 2.45) is 5.92 Å². The van der Waals surface area contributed by atoms with E-state index in [2.05, 4.69) is 21.2 Å². The van der Waals surface area contributed by atoms with Crippen molar-refractivity contribution in [3.05, 3.63) is 23.8 Å². The first kappa shape index (κ1) is 14.2. The molecular formula is C14H18BrNO3. The predicted octanol–water partition coefficient (Wildman–Crippen LogP) is 2.78. The number of rotatable bonds is 3. The van der Waals surface area contributed by atoms with Gasteiger partial charge < -0.3 is 15.5 Å². The van der Waals surface area contributed by atoms with E-state index >= 15 is 0 Å². The Kier molecular flexibility index (Phi) is 4.69. The van der Waals surface area contributed by atoms with Gasteiger partial charge in [-0.15, -0.1) is 0 Å². The first-order chi connectivity index (χ1) is 9.11. The van der Waals surface area contributed by atoms with Crippen LogP contribution in [0.25, 0.3) is 0 Å². The zero-order valence-electron chi connectivity index (χ0n) is 10.6. The summed E-state index contributed by atoms with van der Waals surface area (Å²) in [6.45, 7) is 0. The third-order valence-corrected chi connectivity index (χ3v) is 4.48. The Morgan fingerprint density at radius 3 is 2.79 bits per heavy atom. The van der Waals surface area contributed by atoms with Gasteiger partial charge in [-0.2, -0.15) is 0 Å². The molecule has 0 saturated heterocycles. The zero-order chi connectivity index (χ0) is 13.8. The smallest absolute Gasteiger partial charge is 0.255 e. The number of phenols is 2. The summed E-state index contributed by atoms with van der Waals surface area (Å²) in [5, 5.41) is 22.9. The molecule has 3 N–H and O–H groups in total. The molecule has 19 heavy (non-hydrogen) atoms. The molecule has 0 bridgehead atoms. The Bertz CT molecular complexity index is 464. The number of halogens is 1. The van der Waals surface area contributed by atoms with E-state index in [1.165, 1.54) is 24.6 Å². The van der Waals surface area contributed by atoms with E-state index < -0.39 is 0 Å². The standard InChI is InChI=1S/C14H18BrNO3/c15-8-9-3-1-2-4-12(9)16-14(19)11-7-10(17)5-6-13(11)18/h5-7,9,12,17-18H,1-4,8H2,(H,16,19). The number of carbonyl (C=O) groups excluding carboxylic acids is 1. The second kappa shape index (κ2) is 6.28. The van der Waals surface area contributed by atoms with Gasteiger partial charge in [-0.3, -0.25) is 4.79 Å². The summed E-state index contributed by atoms with van der Waals surface area (Å²) in [5.74, 6) is -0.0338. The van der Waals surface area contributed by atoms with E-state index in [1.807, 2.05) is 0 Å². The molecule has 0 aromatic heterocycles. The quantitative estimate of drug-likeness (QED) is 0.590. The first-order valence-electron chi connectivity index (χ1n) is 6.50. The van der Waals surface area contributed by atoms with Crippen molar-refractivity contribution < 1.29 is 15.0 Å². The monoisotopic (exact) mass is 327 g/mol. The molecule has 2 atom stereocenters. The van der Waals surface area contributed by atoms with Crippen molar-refractivity contribution in [1.29, 1.82) is 0 Å². The van der Waals surface area contributed by atoms with Gasteiger partial charge in [0, 0.05) is 11.4 Å². The predicted molar refractivity (Wildman–Crippen MR) is 76.8 cm³/mol. The average molecular weight is 328 g/mol. The molecule has 0 heterocycles. The fourth-order valence-corrected chi connectivity index (χ4v) is 3.31. The molecule has 0 spiro atoms. The van der Waals surface area contributed by atoms with Gasteiger partial charge in [-0.25, -0.2) is 0 Å². The summed E-state index contributed by atoms with van der Waals surface area (Å²) in [6, 6.07) is 4.10. The molecule has 2 unspecified atom stereocenters. The number of benzene rings is 1. The van der Waals surface area contributed by atoms with E-state index in [-0.39, 0.29) is 29.0 Å². The van der Waals surface area contributed by atoms with Gasteiger partial charge in [0.2, 0.25) is 0 Å². The van der Waals surface area contributed by atoms with Gasteiger partial charge in [-0.05, 0) is 37.0 Å². The lowest BCUT2D eigenvalue weighted by atomic mass is 9.86. The van der Waals surface area contributed by atoms with Gasteiger partial charge >= 0.3 is 0 Å². The van der Waals surface area contributed by atoms with Crippen molar-refractivity contribution >= 4 is 21.8 Å². The highest BCUT2D eigenvalue weighted by Gasteiger charge is 2.26. The number of hydrogen-bond acceptors (Lipinski definition) is 3. The van der Waals surface area contributed by atoms with E-state index in [4.69, 9.17) is 0 Å². The molecule has 104 valence electrons. The molecule has 1 saturated carbocycles. The lowest BCUT2D eigenvalue weighted by molar-refractivity contribution is 0.0908. The zero-order valence-corrected chi connectivity index (χ0v) is 12.2. The van der Waals surface area contributed by atoms with Crippen LogP contribution in [0.2, 0.25) is 0 Å². The molecule has 1 amide bonds. The maximum Gasteiger partial charge on any atom is 0.255 e. The van der Waals surface area contributed by atoms with Crippen LogP contribution in [-0.2, 0) is 0 Å². The number of aromatic hydroxyl groups is 2. The number of nitrogens with one attached hydrogen (secondary N) is 1. The molecule has 5 heteroatoms. The van der Waals surface area contributed by atoms with Crippen LogP contribution in [0.15, 0.2) is 18.2 Å². The van der Waals surface area contributed by atoms with Crippen molar-refractivity contribution in [1.82, 2.24) is 5.32 Å². The number of phenolic OH excluding ortho intramolecular Hbond substituents is 2. The molecule has 0 radical (unpaired) electrons. The van der Waals surface area contributed by atoms with E-state index in [1.54, 1.807) is 0 Å². The molecule has 0 aliphatic heterocycles. The van der Waals surface area contributed by atoms with Gasteiger partial charge in [0.1, 0.15) is 11.5 Å². The lowest BCUT2D eigenvalue weighted by Gasteiger charge is -2.31. The molecule has 1 aromatic carbocycles. The number of amides is 1. The van der Waals surface area contributed by atoms with Crippen LogP contribution in [-0.4, -0.2) is 27.5 Å². The highest BCUT2D eigenvalue weighted by atomic mass is 79.9. The van der Waals surface area contributed by atoms with Crippen LogP contribution in [0.1, 0.15) is 36.0 Å². The topological polar surface area (TPSA) is 69.6 Å². The molecular weight excluding hydrogens is 310 g/mol. The van der Waals surface area contributed by atoms with Crippen LogP contribution in [0.4, 0.5) is 0 Å². The van der Waals surface area contributed by atoms with E-state index in [0.717, 1.165) is 24.6 Å². The van der Waals surface area contributed by atoms with Crippen molar-refractivity contribution in [2.45, 2.75) is 31.7 Å². The Labute approximate surface area is 121 Å². The highest BCUT2D eigenvalue weighted by Crippen LogP contribution is 2.27. The fraction of sp³-hybridized carbons (Fsp3) is 0.500. The number of hydrogen-bond donors (Lipinski definition) is 3. The van der Waals surface area contributed by atoms with Crippen LogP contribution >= 0.6 is 15.9 Å². The lowest BCUT2D eigenvalue weighted by Crippen LogP contribution is -2.42. The third-order valence-electron chi connectivity index (χ3n) is 3.65. The highest BCUT2D eigenvalue weighted by molar-refractivity contribution is 9.09. The van der Waals surface area contributed by atoms with Gasteiger partial charge in [0.25, 0.3) is 5.91 Å². The van der Waals surface area contributed by atoms with Gasteiger partial charge in [0.05, 0.1) is 5.56 Å². The fourth-order valence-electron chi connectivity index (χ4n) is 2.53. The van der Waals surface area contributed by atoms with E-state index in [9.17, 15) is 15.0 Å².